The quantitative estimate of drug-likeness (QED) is 0.361. The first-order valence-corrected chi connectivity index (χ1v) is 8.86. The molecular weight excluding hydrogens is 382 g/mol. The fraction of sp³-hybridized carbons (Fsp3) is 0.333. The highest BCUT2D eigenvalue weighted by molar-refractivity contribution is 5.95. The number of H-pyrrole nitrogens is 1. The van der Waals surface area contributed by atoms with Crippen LogP contribution in [0.15, 0.2) is 35.4 Å². The van der Waals surface area contributed by atoms with Gasteiger partial charge in [0.2, 0.25) is 5.95 Å². The van der Waals surface area contributed by atoms with Crippen molar-refractivity contribution < 1.29 is 24.9 Å². The van der Waals surface area contributed by atoms with Crippen molar-refractivity contribution in [2.45, 2.75) is 31.5 Å². The SMILES string of the molecule is CC(=O)c1cccc(Nc2nc3c(ncn3[C@@H]3O[C@H](CO)C(O)C3O)c(=O)[nH]2)c1. The second-order valence-electron chi connectivity index (χ2n) is 6.73. The number of carbonyl (C=O) groups is 1. The molecule has 1 saturated heterocycles. The Morgan fingerprint density at radius 1 is 1.34 bits per heavy atom. The predicted molar refractivity (Wildman–Crippen MR) is 101 cm³/mol. The third-order valence-electron chi connectivity index (χ3n) is 4.76. The number of aliphatic hydroxyl groups excluding tert-OH is 3. The number of rotatable bonds is 5. The van der Waals surface area contributed by atoms with E-state index in [1.165, 1.54) is 17.8 Å². The molecule has 4 atom stereocenters. The molecule has 3 aromatic rings. The molecular formula is C18H19N5O6. The number of nitrogens with one attached hydrogen (secondary N) is 2. The third-order valence-corrected chi connectivity index (χ3v) is 4.76. The van der Waals surface area contributed by atoms with Crippen LogP contribution in [0.25, 0.3) is 11.2 Å². The zero-order valence-electron chi connectivity index (χ0n) is 15.3. The van der Waals surface area contributed by atoms with Gasteiger partial charge in [0.1, 0.15) is 18.3 Å². The molecule has 0 spiro atoms. The van der Waals surface area contributed by atoms with Crippen LogP contribution in [0, 0.1) is 0 Å². The molecule has 2 unspecified atom stereocenters. The minimum Gasteiger partial charge on any atom is -0.394 e. The lowest BCUT2D eigenvalue weighted by atomic mass is 10.1. The number of imidazole rings is 1. The Balaban J connectivity index is 1.72. The number of hydrogen-bond donors (Lipinski definition) is 5. The fourth-order valence-electron chi connectivity index (χ4n) is 3.23. The number of anilines is 2. The van der Waals surface area contributed by atoms with Gasteiger partial charge >= 0.3 is 0 Å². The van der Waals surface area contributed by atoms with Crippen molar-refractivity contribution in [2.24, 2.45) is 0 Å². The average molecular weight is 401 g/mol. The second kappa shape index (κ2) is 7.37. The summed E-state index contributed by atoms with van der Waals surface area (Å²) in [7, 11) is 0. The van der Waals surface area contributed by atoms with E-state index in [-0.39, 0.29) is 22.9 Å². The van der Waals surface area contributed by atoms with E-state index < -0.39 is 36.7 Å². The number of aromatic nitrogens is 4. The monoisotopic (exact) mass is 401 g/mol. The molecule has 2 aromatic heterocycles. The van der Waals surface area contributed by atoms with Crippen LogP contribution in [0.5, 0.6) is 0 Å². The molecule has 5 N–H and O–H groups in total. The summed E-state index contributed by atoms with van der Waals surface area (Å²) in [5, 5.41) is 32.4. The molecule has 11 nitrogen and oxygen atoms in total. The smallest absolute Gasteiger partial charge is 0.280 e. The lowest BCUT2D eigenvalue weighted by Crippen LogP contribution is -2.33. The molecule has 29 heavy (non-hydrogen) atoms. The molecule has 0 bridgehead atoms. The Bertz CT molecular complexity index is 1130. The van der Waals surface area contributed by atoms with Gasteiger partial charge in [-0.25, -0.2) is 4.98 Å². The molecule has 0 aliphatic carbocycles. The van der Waals surface area contributed by atoms with Gasteiger partial charge in [-0.2, -0.15) is 4.98 Å². The molecule has 1 aliphatic rings. The molecule has 1 fully saturated rings. The van der Waals surface area contributed by atoms with Crippen LogP contribution in [-0.4, -0.2) is 65.5 Å². The molecule has 0 saturated carbocycles. The predicted octanol–water partition coefficient (Wildman–Crippen LogP) is -0.323. The van der Waals surface area contributed by atoms with Crippen molar-refractivity contribution in [3.63, 3.8) is 0 Å². The minimum atomic E-state index is -1.34. The van der Waals surface area contributed by atoms with E-state index in [4.69, 9.17) is 4.74 Å². The maximum Gasteiger partial charge on any atom is 0.280 e. The Labute approximate surface area is 163 Å². The first-order chi connectivity index (χ1) is 13.9. The maximum absolute atomic E-state index is 12.4. The van der Waals surface area contributed by atoms with Gasteiger partial charge in [-0.15, -0.1) is 0 Å². The van der Waals surface area contributed by atoms with Crippen LogP contribution in [0.3, 0.4) is 0 Å². The van der Waals surface area contributed by atoms with Crippen LogP contribution < -0.4 is 10.9 Å². The molecule has 0 radical (unpaired) electrons. The van der Waals surface area contributed by atoms with Gasteiger partial charge in [0.25, 0.3) is 5.56 Å². The number of fused-ring (bicyclic) bond motifs is 1. The third kappa shape index (κ3) is 3.40. The number of nitrogens with zero attached hydrogens (tertiary/aromatic N) is 3. The van der Waals surface area contributed by atoms with Gasteiger partial charge in [0.15, 0.2) is 23.2 Å². The van der Waals surface area contributed by atoms with Gasteiger partial charge in [0, 0.05) is 11.3 Å². The normalized spacial score (nSPS) is 24.1. The van der Waals surface area contributed by atoms with Gasteiger partial charge < -0.3 is 25.4 Å². The highest BCUT2D eigenvalue weighted by Gasteiger charge is 2.44. The van der Waals surface area contributed by atoms with E-state index in [2.05, 4.69) is 20.3 Å². The van der Waals surface area contributed by atoms with Gasteiger partial charge in [-0.1, -0.05) is 12.1 Å². The summed E-state index contributed by atoms with van der Waals surface area (Å²) in [6.07, 6.45) is -3.41. The van der Waals surface area contributed by atoms with Gasteiger partial charge in [0.05, 0.1) is 12.9 Å². The highest BCUT2D eigenvalue weighted by atomic mass is 16.6. The summed E-state index contributed by atoms with van der Waals surface area (Å²) in [6.45, 7) is 0.972. The number of Topliss-reactive ketones (excluding diaryl/α,β-unsaturated/α-hetero) is 1. The lowest BCUT2D eigenvalue weighted by Gasteiger charge is -2.16. The number of ether oxygens (including phenoxy) is 1. The maximum atomic E-state index is 12.4. The minimum absolute atomic E-state index is 0.0192. The standard InChI is InChI=1S/C18H19N5O6/c1-8(25)9-3-2-4-10(5-9)20-18-21-15-12(16(28)22-18)19-7-23(15)17-14(27)13(26)11(6-24)29-17/h2-5,7,11,13-14,17,24,26-27H,6H2,1H3,(H2,20,21,22,28)/t11-,13?,14?,17-/m1/s1. The van der Waals surface area contributed by atoms with Crippen LogP contribution in [-0.2, 0) is 4.74 Å². The largest absolute Gasteiger partial charge is 0.394 e. The van der Waals surface area contributed by atoms with Crippen molar-refractivity contribution in [2.75, 3.05) is 11.9 Å². The molecule has 3 heterocycles. The zero-order valence-corrected chi connectivity index (χ0v) is 15.3. The molecule has 152 valence electrons. The molecule has 1 aliphatic heterocycles. The Morgan fingerprint density at radius 2 is 2.14 bits per heavy atom. The van der Waals surface area contributed by atoms with Gasteiger partial charge in [-0.05, 0) is 19.1 Å². The number of benzene rings is 1. The summed E-state index contributed by atoms with van der Waals surface area (Å²) < 4.78 is 6.82. The highest BCUT2D eigenvalue weighted by Crippen LogP contribution is 2.31. The number of aliphatic hydroxyl groups is 3. The van der Waals surface area contributed by atoms with Crippen molar-refractivity contribution in [1.82, 2.24) is 19.5 Å². The van der Waals surface area contributed by atoms with Crippen molar-refractivity contribution in [3.8, 4) is 0 Å². The number of carbonyl (C=O) groups excluding carboxylic acids is 1. The van der Waals surface area contributed by atoms with Crippen LogP contribution in [0.2, 0.25) is 0 Å². The van der Waals surface area contributed by atoms with E-state index in [0.717, 1.165) is 0 Å². The fourth-order valence-corrected chi connectivity index (χ4v) is 3.23. The topological polar surface area (TPSA) is 163 Å². The van der Waals surface area contributed by atoms with Gasteiger partial charge in [-0.3, -0.25) is 19.1 Å². The van der Waals surface area contributed by atoms with Crippen molar-refractivity contribution in [1.29, 1.82) is 0 Å². The summed E-state index contributed by atoms with van der Waals surface area (Å²) in [5.41, 5.74) is 0.652. The van der Waals surface area contributed by atoms with Crippen LogP contribution in [0.4, 0.5) is 11.6 Å². The number of hydrogen-bond acceptors (Lipinski definition) is 9. The Hall–Kier alpha value is -3.12. The van der Waals surface area contributed by atoms with Crippen LogP contribution >= 0.6 is 0 Å². The lowest BCUT2D eigenvalue weighted by molar-refractivity contribution is -0.0511. The number of ketones is 1. The van der Waals surface area contributed by atoms with E-state index in [9.17, 15) is 24.9 Å². The summed E-state index contributed by atoms with van der Waals surface area (Å²) >= 11 is 0. The average Bonchev–Trinajstić information content (AvgIpc) is 3.24. The summed E-state index contributed by atoms with van der Waals surface area (Å²) in [5.74, 6) is -0.00954. The van der Waals surface area contributed by atoms with E-state index >= 15 is 0 Å². The molecule has 4 rings (SSSR count). The van der Waals surface area contributed by atoms with Crippen molar-refractivity contribution >= 4 is 28.6 Å². The summed E-state index contributed by atoms with van der Waals surface area (Å²) in [4.78, 5) is 34.9. The second-order valence-corrected chi connectivity index (χ2v) is 6.73. The van der Waals surface area contributed by atoms with E-state index in [1.54, 1.807) is 24.3 Å². The molecule has 1 aromatic carbocycles. The zero-order chi connectivity index (χ0) is 20.7. The first-order valence-electron chi connectivity index (χ1n) is 8.86. The van der Waals surface area contributed by atoms with Crippen molar-refractivity contribution in [3.05, 3.63) is 46.5 Å². The number of aromatic amines is 1. The Morgan fingerprint density at radius 3 is 2.83 bits per heavy atom. The first kappa shape index (κ1) is 19.2. The molecule has 11 heteroatoms. The van der Waals surface area contributed by atoms with E-state index in [1.807, 2.05) is 0 Å². The van der Waals surface area contributed by atoms with Crippen LogP contribution in [0.1, 0.15) is 23.5 Å². The molecule has 0 amide bonds. The summed E-state index contributed by atoms with van der Waals surface area (Å²) in [6, 6.07) is 6.69. The Kier molecular flexibility index (Phi) is 4.88. The van der Waals surface area contributed by atoms with E-state index in [0.29, 0.717) is 11.3 Å².